The third-order valence-electron chi connectivity index (χ3n) is 3.21. The average molecular weight is 330 g/mol. The molecule has 2 aromatic carbocycles. The van der Waals surface area contributed by atoms with Crippen LogP contribution in [0.25, 0.3) is 0 Å². The van der Waals surface area contributed by atoms with Crippen molar-refractivity contribution in [3.8, 4) is 23.0 Å². The van der Waals surface area contributed by atoms with Crippen molar-refractivity contribution in [1.82, 2.24) is 0 Å². The summed E-state index contributed by atoms with van der Waals surface area (Å²) in [4.78, 5) is 0. The van der Waals surface area contributed by atoms with Crippen molar-refractivity contribution >= 4 is 0 Å². The highest BCUT2D eigenvalue weighted by atomic mass is 16.5. The van der Waals surface area contributed by atoms with Crippen LogP contribution in [-0.4, -0.2) is 26.4 Å². The van der Waals surface area contributed by atoms with Crippen LogP contribution < -0.4 is 18.9 Å². The van der Waals surface area contributed by atoms with E-state index in [-0.39, 0.29) is 0 Å². The van der Waals surface area contributed by atoms with Gasteiger partial charge in [0.15, 0.2) is 0 Å². The van der Waals surface area contributed by atoms with Crippen molar-refractivity contribution in [2.24, 2.45) is 0 Å². The topological polar surface area (TPSA) is 36.9 Å². The van der Waals surface area contributed by atoms with Crippen LogP contribution in [0, 0.1) is 0 Å². The van der Waals surface area contributed by atoms with Crippen LogP contribution in [0.4, 0.5) is 0 Å². The Morgan fingerprint density at radius 3 is 0.958 bits per heavy atom. The largest absolute Gasteiger partial charge is 0.494 e. The highest BCUT2D eigenvalue weighted by molar-refractivity contribution is 5.32. The first-order valence-corrected chi connectivity index (χ1v) is 8.53. The van der Waals surface area contributed by atoms with E-state index in [9.17, 15) is 0 Å². The molecule has 4 heteroatoms. The minimum atomic E-state index is 0.489. The molecule has 0 aliphatic heterocycles. The predicted molar refractivity (Wildman–Crippen MR) is 95.4 cm³/mol. The zero-order chi connectivity index (χ0) is 17.0. The zero-order valence-electron chi connectivity index (χ0n) is 14.5. The van der Waals surface area contributed by atoms with Crippen LogP contribution in [0.1, 0.15) is 26.7 Å². The maximum absolute atomic E-state index is 5.66. The fourth-order valence-electron chi connectivity index (χ4n) is 2.02. The summed E-state index contributed by atoms with van der Waals surface area (Å²) in [5.74, 6) is 3.35. The van der Waals surface area contributed by atoms with E-state index < -0.39 is 0 Å². The van der Waals surface area contributed by atoms with Gasteiger partial charge in [0.2, 0.25) is 0 Å². The molecule has 0 aliphatic carbocycles. The number of hydrogen-bond donors (Lipinski definition) is 0. The van der Waals surface area contributed by atoms with Crippen molar-refractivity contribution in [2.75, 3.05) is 26.4 Å². The molecule has 2 rings (SSSR count). The van der Waals surface area contributed by atoms with Crippen molar-refractivity contribution < 1.29 is 18.9 Å². The summed E-state index contributed by atoms with van der Waals surface area (Å²) in [6, 6.07) is 15.3. The Hall–Kier alpha value is -2.36. The summed E-state index contributed by atoms with van der Waals surface area (Å²) in [6.07, 6.45) is 2.00. The van der Waals surface area contributed by atoms with Gasteiger partial charge >= 0.3 is 0 Å². The van der Waals surface area contributed by atoms with Crippen LogP contribution in [0.15, 0.2) is 48.5 Å². The molecule has 4 nitrogen and oxygen atoms in total. The van der Waals surface area contributed by atoms with E-state index in [0.717, 1.165) is 49.1 Å². The highest BCUT2D eigenvalue weighted by Gasteiger charge is 1.99. The summed E-state index contributed by atoms with van der Waals surface area (Å²) in [5, 5.41) is 0. The van der Waals surface area contributed by atoms with Gasteiger partial charge in [0.05, 0.1) is 13.2 Å². The molecule has 0 radical (unpaired) electrons. The van der Waals surface area contributed by atoms with Crippen molar-refractivity contribution in [1.29, 1.82) is 0 Å². The monoisotopic (exact) mass is 330 g/mol. The summed E-state index contributed by atoms with van der Waals surface area (Å²) >= 11 is 0. The van der Waals surface area contributed by atoms with Gasteiger partial charge in [-0.1, -0.05) is 13.8 Å². The summed E-state index contributed by atoms with van der Waals surface area (Å²) in [5.41, 5.74) is 0. The molecule has 0 atom stereocenters. The van der Waals surface area contributed by atoms with Gasteiger partial charge in [0.25, 0.3) is 0 Å². The lowest BCUT2D eigenvalue weighted by molar-refractivity contribution is 0.216. The number of hydrogen-bond acceptors (Lipinski definition) is 4. The fourth-order valence-corrected chi connectivity index (χ4v) is 2.02. The van der Waals surface area contributed by atoms with Crippen molar-refractivity contribution in [3.63, 3.8) is 0 Å². The molecule has 0 saturated carbocycles. The first-order valence-electron chi connectivity index (χ1n) is 8.53. The lowest BCUT2D eigenvalue weighted by atomic mass is 10.3. The molecule has 0 amide bonds. The molecule has 0 spiro atoms. The quantitative estimate of drug-likeness (QED) is 0.559. The maximum Gasteiger partial charge on any atom is 0.122 e. The summed E-state index contributed by atoms with van der Waals surface area (Å²) in [6.45, 7) is 6.62. The Balaban J connectivity index is 1.67. The average Bonchev–Trinajstić information content (AvgIpc) is 2.64. The van der Waals surface area contributed by atoms with Gasteiger partial charge in [-0.2, -0.15) is 0 Å². The van der Waals surface area contributed by atoms with Crippen LogP contribution in [-0.2, 0) is 0 Å². The smallest absolute Gasteiger partial charge is 0.122 e. The Morgan fingerprint density at radius 1 is 0.458 bits per heavy atom. The Bertz CT molecular complexity index is 510. The van der Waals surface area contributed by atoms with Crippen LogP contribution in [0.5, 0.6) is 23.0 Å². The van der Waals surface area contributed by atoms with Gasteiger partial charge in [0, 0.05) is 0 Å². The second-order valence-electron chi connectivity index (χ2n) is 5.34. The molecule has 0 fully saturated rings. The van der Waals surface area contributed by atoms with E-state index in [0.29, 0.717) is 13.2 Å². The van der Waals surface area contributed by atoms with Crippen LogP contribution in [0.2, 0.25) is 0 Å². The molecule has 0 aromatic heterocycles. The third kappa shape index (κ3) is 6.41. The second-order valence-corrected chi connectivity index (χ2v) is 5.34. The minimum absolute atomic E-state index is 0.489. The molecule has 0 N–H and O–H groups in total. The van der Waals surface area contributed by atoms with E-state index in [1.807, 2.05) is 48.5 Å². The Morgan fingerprint density at radius 2 is 0.708 bits per heavy atom. The lowest BCUT2D eigenvalue weighted by Gasteiger charge is -2.10. The van der Waals surface area contributed by atoms with Crippen LogP contribution in [0.3, 0.4) is 0 Å². The first kappa shape index (κ1) is 18.0. The van der Waals surface area contributed by atoms with Gasteiger partial charge in [-0.15, -0.1) is 0 Å². The number of rotatable bonds is 11. The lowest BCUT2D eigenvalue weighted by Crippen LogP contribution is -2.09. The minimum Gasteiger partial charge on any atom is -0.494 e. The Labute approximate surface area is 144 Å². The molecule has 0 aliphatic rings. The summed E-state index contributed by atoms with van der Waals surface area (Å²) < 4.78 is 22.4. The molecule has 0 unspecified atom stereocenters. The number of ether oxygens (including phenoxy) is 4. The summed E-state index contributed by atoms with van der Waals surface area (Å²) in [7, 11) is 0. The molecular formula is C20H26O4. The van der Waals surface area contributed by atoms with E-state index in [2.05, 4.69) is 13.8 Å². The van der Waals surface area contributed by atoms with Gasteiger partial charge in [0.1, 0.15) is 36.2 Å². The van der Waals surface area contributed by atoms with Gasteiger partial charge in [-0.05, 0) is 61.4 Å². The SMILES string of the molecule is CCCOc1ccc(OCCOc2ccc(OCCC)cc2)cc1. The highest BCUT2D eigenvalue weighted by Crippen LogP contribution is 2.19. The van der Waals surface area contributed by atoms with E-state index >= 15 is 0 Å². The van der Waals surface area contributed by atoms with Gasteiger partial charge < -0.3 is 18.9 Å². The van der Waals surface area contributed by atoms with Crippen molar-refractivity contribution in [2.45, 2.75) is 26.7 Å². The Kier molecular flexibility index (Phi) is 7.81. The molecule has 2 aromatic rings. The van der Waals surface area contributed by atoms with Crippen molar-refractivity contribution in [3.05, 3.63) is 48.5 Å². The normalized spacial score (nSPS) is 10.2. The first-order chi connectivity index (χ1) is 11.8. The van der Waals surface area contributed by atoms with Crippen LogP contribution >= 0.6 is 0 Å². The van der Waals surface area contributed by atoms with Gasteiger partial charge in [-0.25, -0.2) is 0 Å². The molecule has 0 heterocycles. The number of benzene rings is 2. The van der Waals surface area contributed by atoms with E-state index in [1.165, 1.54) is 0 Å². The standard InChI is InChI=1S/C20H26O4/c1-3-13-21-17-5-9-19(10-6-17)23-15-16-24-20-11-7-18(8-12-20)22-14-4-2/h5-12H,3-4,13-16H2,1-2H3. The molecule has 24 heavy (non-hydrogen) atoms. The maximum atomic E-state index is 5.66. The zero-order valence-corrected chi connectivity index (χ0v) is 14.5. The molecule has 0 saturated heterocycles. The fraction of sp³-hybridized carbons (Fsp3) is 0.400. The van der Waals surface area contributed by atoms with E-state index in [4.69, 9.17) is 18.9 Å². The second kappa shape index (κ2) is 10.4. The van der Waals surface area contributed by atoms with E-state index in [1.54, 1.807) is 0 Å². The predicted octanol–water partition coefficient (Wildman–Crippen LogP) is 4.72. The van der Waals surface area contributed by atoms with Gasteiger partial charge in [-0.3, -0.25) is 0 Å². The third-order valence-corrected chi connectivity index (χ3v) is 3.21. The molecule has 0 bridgehead atoms. The molecule has 130 valence electrons. The molecular weight excluding hydrogens is 304 g/mol.